The summed E-state index contributed by atoms with van der Waals surface area (Å²) in [6.07, 6.45) is 0. The van der Waals surface area contributed by atoms with Gasteiger partial charge in [-0.3, -0.25) is 4.79 Å². The normalized spacial score (nSPS) is 12.2. The first kappa shape index (κ1) is 16.2. The minimum atomic E-state index is -0.0548. The summed E-state index contributed by atoms with van der Waals surface area (Å²) in [6.45, 7) is 3.55. The molecule has 0 aliphatic carbocycles. The summed E-state index contributed by atoms with van der Waals surface area (Å²) in [6, 6.07) is 17.6. The maximum Gasteiger partial charge on any atom is 0.167 e. The van der Waals surface area contributed by atoms with Crippen molar-refractivity contribution in [1.29, 1.82) is 0 Å². The number of carbonyl (C=O) groups excluding carboxylic acids is 1. The van der Waals surface area contributed by atoms with Crippen molar-refractivity contribution in [2.75, 3.05) is 20.7 Å². The molecule has 3 nitrogen and oxygen atoms in total. The maximum absolute atomic E-state index is 12.5. The Morgan fingerprint density at radius 3 is 2.55 bits per heavy atom. The second-order valence-electron chi connectivity index (χ2n) is 5.68. The van der Waals surface area contributed by atoms with Gasteiger partial charge in [0.15, 0.2) is 5.78 Å². The van der Waals surface area contributed by atoms with Crippen LogP contribution in [0.5, 0.6) is 5.75 Å². The van der Waals surface area contributed by atoms with Crippen molar-refractivity contribution in [3.05, 3.63) is 65.7 Å². The Morgan fingerprint density at radius 2 is 1.86 bits per heavy atom. The number of hydrogen-bond acceptors (Lipinski definition) is 3. The van der Waals surface area contributed by atoms with Crippen molar-refractivity contribution in [3.63, 3.8) is 0 Å². The maximum atomic E-state index is 12.5. The first-order chi connectivity index (χ1) is 10.6. The van der Waals surface area contributed by atoms with Crippen LogP contribution in [0, 0.1) is 5.92 Å². The third kappa shape index (κ3) is 4.43. The van der Waals surface area contributed by atoms with Crippen LogP contribution >= 0.6 is 0 Å². The van der Waals surface area contributed by atoms with Gasteiger partial charge in [0, 0.05) is 24.6 Å². The molecule has 0 aliphatic rings. The number of benzene rings is 2. The second kappa shape index (κ2) is 7.76. The van der Waals surface area contributed by atoms with Crippen molar-refractivity contribution in [1.82, 2.24) is 4.90 Å². The minimum absolute atomic E-state index is 0.0548. The van der Waals surface area contributed by atoms with E-state index in [1.165, 1.54) is 5.56 Å². The molecule has 0 fully saturated rings. The van der Waals surface area contributed by atoms with Crippen LogP contribution in [0.4, 0.5) is 0 Å². The molecule has 0 radical (unpaired) electrons. The molecule has 1 unspecified atom stereocenters. The van der Waals surface area contributed by atoms with Gasteiger partial charge in [0.25, 0.3) is 0 Å². The highest BCUT2D eigenvalue weighted by atomic mass is 16.5. The Labute approximate surface area is 132 Å². The van der Waals surface area contributed by atoms with E-state index in [0.29, 0.717) is 5.56 Å². The fraction of sp³-hybridized carbons (Fsp3) is 0.316. The Morgan fingerprint density at radius 1 is 1.14 bits per heavy atom. The number of ketones is 1. The van der Waals surface area contributed by atoms with Gasteiger partial charge in [0.05, 0.1) is 7.11 Å². The van der Waals surface area contributed by atoms with Crippen LogP contribution in [-0.4, -0.2) is 31.4 Å². The smallest absolute Gasteiger partial charge is 0.167 e. The highest BCUT2D eigenvalue weighted by Crippen LogP contribution is 2.17. The number of methoxy groups -OCH3 is 1. The largest absolute Gasteiger partial charge is 0.497 e. The Kier molecular flexibility index (Phi) is 5.73. The van der Waals surface area contributed by atoms with Gasteiger partial charge < -0.3 is 9.64 Å². The average molecular weight is 297 g/mol. The first-order valence-corrected chi connectivity index (χ1v) is 7.51. The average Bonchev–Trinajstić information content (AvgIpc) is 2.55. The summed E-state index contributed by atoms with van der Waals surface area (Å²) in [5.41, 5.74) is 1.96. The zero-order valence-electron chi connectivity index (χ0n) is 13.5. The molecule has 22 heavy (non-hydrogen) atoms. The van der Waals surface area contributed by atoms with Gasteiger partial charge in [-0.1, -0.05) is 49.4 Å². The second-order valence-corrected chi connectivity index (χ2v) is 5.68. The number of ether oxygens (including phenoxy) is 1. The minimum Gasteiger partial charge on any atom is -0.497 e. The summed E-state index contributed by atoms with van der Waals surface area (Å²) < 4.78 is 5.18. The lowest BCUT2D eigenvalue weighted by atomic mass is 9.98. The summed E-state index contributed by atoms with van der Waals surface area (Å²) in [5, 5.41) is 0. The number of Topliss-reactive ketones (excluding diaryl/α,β-unsaturated/α-hetero) is 1. The molecular weight excluding hydrogens is 274 g/mol. The van der Waals surface area contributed by atoms with Crippen LogP contribution in [0.25, 0.3) is 0 Å². The molecule has 0 amide bonds. The highest BCUT2D eigenvalue weighted by Gasteiger charge is 2.17. The van der Waals surface area contributed by atoms with Crippen LogP contribution < -0.4 is 4.74 Å². The van der Waals surface area contributed by atoms with Gasteiger partial charge in [-0.05, 0) is 24.7 Å². The molecule has 116 valence electrons. The molecule has 0 N–H and O–H groups in total. The SMILES string of the molecule is COc1cccc(C(=O)C(C)CN(C)Cc2ccccc2)c1. The van der Waals surface area contributed by atoms with E-state index in [1.807, 2.05) is 50.4 Å². The quantitative estimate of drug-likeness (QED) is 0.731. The molecule has 2 aromatic rings. The fourth-order valence-corrected chi connectivity index (χ4v) is 2.57. The molecule has 1 atom stereocenters. The van der Waals surface area contributed by atoms with Crippen LogP contribution in [-0.2, 0) is 6.54 Å². The van der Waals surface area contributed by atoms with Gasteiger partial charge in [-0.15, -0.1) is 0 Å². The van der Waals surface area contributed by atoms with Crippen molar-refractivity contribution < 1.29 is 9.53 Å². The summed E-state index contributed by atoms with van der Waals surface area (Å²) in [7, 11) is 3.66. The summed E-state index contributed by atoms with van der Waals surface area (Å²) in [5.74, 6) is 0.815. The zero-order chi connectivity index (χ0) is 15.9. The van der Waals surface area contributed by atoms with E-state index < -0.39 is 0 Å². The van der Waals surface area contributed by atoms with E-state index in [-0.39, 0.29) is 11.7 Å². The van der Waals surface area contributed by atoms with Crippen molar-refractivity contribution in [3.8, 4) is 5.75 Å². The number of hydrogen-bond donors (Lipinski definition) is 0. The van der Waals surface area contributed by atoms with E-state index in [0.717, 1.165) is 18.8 Å². The molecule has 0 heterocycles. The molecule has 2 rings (SSSR count). The highest BCUT2D eigenvalue weighted by molar-refractivity contribution is 5.98. The van der Waals surface area contributed by atoms with E-state index in [9.17, 15) is 4.79 Å². The third-order valence-electron chi connectivity index (χ3n) is 3.68. The van der Waals surface area contributed by atoms with Crippen molar-refractivity contribution in [2.24, 2.45) is 5.92 Å². The molecular formula is C19H23NO2. The van der Waals surface area contributed by atoms with E-state index >= 15 is 0 Å². The van der Waals surface area contributed by atoms with Gasteiger partial charge in [0.1, 0.15) is 5.75 Å². The molecule has 3 heteroatoms. The van der Waals surface area contributed by atoms with Gasteiger partial charge in [-0.25, -0.2) is 0 Å². The molecule has 0 saturated heterocycles. The number of carbonyl (C=O) groups is 1. The van der Waals surface area contributed by atoms with Crippen LogP contribution in [0.3, 0.4) is 0 Å². The number of rotatable bonds is 7. The molecule has 0 aromatic heterocycles. The van der Waals surface area contributed by atoms with Crippen LogP contribution in [0.2, 0.25) is 0 Å². The number of nitrogens with zero attached hydrogens (tertiary/aromatic N) is 1. The Hall–Kier alpha value is -2.13. The van der Waals surface area contributed by atoms with E-state index in [4.69, 9.17) is 4.74 Å². The molecule has 0 spiro atoms. The Balaban J connectivity index is 1.95. The monoisotopic (exact) mass is 297 g/mol. The lowest BCUT2D eigenvalue weighted by Crippen LogP contribution is -2.28. The van der Waals surface area contributed by atoms with Gasteiger partial charge >= 0.3 is 0 Å². The van der Waals surface area contributed by atoms with E-state index in [1.54, 1.807) is 13.2 Å². The molecule has 2 aromatic carbocycles. The predicted octanol–water partition coefficient (Wildman–Crippen LogP) is 3.65. The van der Waals surface area contributed by atoms with Crippen LogP contribution in [0.15, 0.2) is 54.6 Å². The summed E-state index contributed by atoms with van der Waals surface area (Å²) in [4.78, 5) is 14.7. The van der Waals surface area contributed by atoms with Crippen molar-refractivity contribution >= 4 is 5.78 Å². The molecule has 0 saturated carbocycles. The van der Waals surface area contributed by atoms with E-state index in [2.05, 4.69) is 17.0 Å². The lowest BCUT2D eigenvalue weighted by molar-refractivity contribution is 0.0900. The standard InChI is InChI=1S/C19H23NO2/c1-15(13-20(2)14-16-8-5-4-6-9-16)19(21)17-10-7-11-18(12-17)22-3/h4-12,15H,13-14H2,1-3H3. The Bertz CT molecular complexity index is 610. The van der Waals surface area contributed by atoms with Gasteiger partial charge in [0.2, 0.25) is 0 Å². The lowest BCUT2D eigenvalue weighted by Gasteiger charge is -2.21. The topological polar surface area (TPSA) is 29.5 Å². The van der Waals surface area contributed by atoms with Gasteiger partial charge in [-0.2, -0.15) is 0 Å². The molecule has 0 aliphatic heterocycles. The predicted molar refractivity (Wildman–Crippen MR) is 89.3 cm³/mol. The van der Waals surface area contributed by atoms with Crippen LogP contribution in [0.1, 0.15) is 22.8 Å². The van der Waals surface area contributed by atoms with Crippen molar-refractivity contribution in [2.45, 2.75) is 13.5 Å². The first-order valence-electron chi connectivity index (χ1n) is 7.51. The fourth-order valence-electron chi connectivity index (χ4n) is 2.57. The summed E-state index contributed by atoms with van der Waals surface area (Å²) >= 11 is 0. The third-order valence-corrected chi connectivity index (χ3v) is 3.68. The zero-order valence-corrected chi connectivity index (χ0v) is 13.5. The molecule has 0 bridgehead atoms.